The predicted octanol–water partition coefficient (Wildman–Crippen LogP) is 3.73. The number of hydrogen-bond acceptors (Lipinski definition) is 1. The highest BCUT2D eigenvalue weighted by atomic mass is 16.4. The highest BCUT2D eigenvalue weighted by Crippen LogP contribution is 2.47. The maximum atomic E-state index is 11.2. The lowest BCUT2D eigenvalue weighted by Gasteiger charge is -2.44. The molecule has 1 fully saturated rings. The minimum atomic E-state index is -0.625. The van der Waals surface area contributed by atoms with Gasteiger partial charge in [-0.1, -0.05) is 31.9 Å². The van der Waals surface area contributed by atoms with Crippen molar-refractivity contribution < 1.29 is 9.90 Å². The molecule has 2 aliphatic carbocycles. The van der Waals surface area contributed by atoms with Gasteiger partial charge in [-0.2, -0.15) is 0 Å². The monoisotopic (exact) mass is 236 g/mol. The fourth-order valence-electron chi connectivity index (χ4n) is 3.86. The molecular weight excluding hydrogens is 212 g/mol. The van der Waals surface area contributed by atoms with Crippen LogP contribution in [0, 0.1) is 29.6 Å². The number of carboxylic acid groups (broad SMARTS) is 1. The molecule has 1 saturated carbocycles. The van der Waals surface area contributed by atoms with Gasteiger partial charge in [-0.3, -0.25) is 4.79 Å². The van der Waals surface area contributed by atoms with Crippen LogP contribution in [0.25, 0.3) is 0 Å². The van der Waals surface area contributed by atoms with E-state index in [1.807, 2.05) is 6.92 Å². The summed E-state index contributed by atoms with van der Waals surface area (Å²) < 4.78 is 0. The Bertz CT molecular complexity index is 332. The van der Waals surface area contributed by atoms with Crippen molar-refractivity contribution in [2.24, 2.45) is 29.6 Å². The summed E-state index contributed by atoms with van der Waals surface area (Å²) in [5.41, 5.74) is 1.46. The van der Waals surface area contributed by atoms with Crippen molar-refractivity contribution in [3.63, 3.8) is 0 Å². The van der Waals surface area contributed by atoms with Crippen LogP contribution in [0.4, 0.5) is 0 Å². The summed E-state index contributed by atoms with van der Waals surface area (Å²) in [4.78, 5) is 11.2. The first kappa shape index (κ1) is 12.7. The largest absolute Gasteiger partial charge is 0.481 e. The van der Waals surface area contributed by atoms with Crippen molar-refractivity contribution in [3.05, 3.63) is 11.6 Å². The third-order valence-electron chi connectivity index (χ3n) is 5.06. The fraction of sp³-hybridized carbons (Fsp3) is 0.800. The molecule has 17 heavy (non-hydrogen) atoms. The molecule has 96 valence electrons. The highest BCUT2D eigenvalue weighted by molar-refractivity contribution is 5.70. The zero-order chi connectivity index (χ0) is 12.6. The van der Waals surface area contributed by atoms with Gasteiger partial charge in [-0.25, -0.2) is 0 Å². The van der Waals surface area contributed by atoms with E-state index >= 15 is 0 Å². The Balaban J connectivity index is 2.22. The number of rotatable bonds is 2. The van der Waals surface area contributed by atoms with E-state index in [-0.39, 0.29) is 5.92 Å². The lowest BCUT2D eigenvalue weighted by atomic mass is 9.60. The molecule has 2 aliphatic rings. The van der Waals surface area contributed by atoms with E-state index < -0.39 is 5.97 Å². The molecule has 0 aliphatic heterocycles. The van der Waals surface area contributed by atoms with Crippen LogP contribution in [0.1, 0.15) is 46.5 Å². The zero-order valence-electron chi connectivity index (χ0n) is 11.1. The second-order valence-corrected chi connectivity index (χ2v) is 6.14. The van der Waals surface area contributed by atoms with E-state index in [0.717, 1.165) is 18.3 Å². The molecular formula is C15H24O2. The van der Waals surface area contributed by atoms with Crippen molar-refractivity contribution in [1.29, 1.82) is 0 Å². The van der Waals surface area contributed by atoms with E-state index in [0.29, 0.717) is 11.8 Å². The van der Waals surface area contributed by atoms with Crippen molar-refractivity contribution in [1.82, 2.24) is 0 Å². The number of allylic oxidation sites excluding steroid dienone is 2. The standard InChI is InChI=1S/C15H24O2/c1-9-4-6-12-10(2)5-7-13(14(12)8-9)11(3)15(16)17/h8,10-14H,4-7H2,1-3H3,(H,16,17)/t10-,11-,12+,13?,14+/m1/s1. The molecule has 2 nitrogen and oxygen atoms in total. The first-order valence-corrected chi connectivity index (χ1v) is 6.90. The topological polar surface area (TPSA) is 37.3 Å². The van der Waals surface area contributed by atoms with Crippen LogP contribution in [-0.2, 0) is 4.79 Å². The van der Waals surface area contributed by atoms with Crippen molar-refractivity contribution in [2.75, 3.05) is 0 Å². The zero-order valence-corrected chi connectivity index (χ0v) is 11.1. The molecule has 5 atom stereocenters. The Kier molecular flexibility index (Phi) is 3.60. The molecule has 1 unspecified atom stereocenters. The first-order valence-electron chi connectivity index (χ1n) is 6.90. The van der Waals surface area contributed by atoms with E-state index in [1.165, 1.54) is 24.8 Å². The summed E-state index contributed by atoms with van der Waals surface area (Å²) >= 11 is 0. The average Bonchev–Trinajstić information content (AvgIpc) is 2.28. The third kappa shape index (κ3) is 2.41. The molecule has 0 aromatic heterocycles. The Morgan fingerprint density at radius 2 is 2.12 bits per heavy atom. The minimum absolute atomic E-state index is 0.197. The van der Waals surface area contributed by atoms with E-state index in [2.05, 4.69) is 19.9 Å². The molecule has 0 spiro atoms. The second-order valence-electron chi connectivity index (χ2n) is 6.14. The van der Waals surface area contributed by atoms with Crippen LogP contribution in [0.2, 0.25) is 0 Å². The van der Waals surface area contributed by atoms with Gasteiger partial charge in [0.25, 0.3) is 0 Å². The Labute approximate surface area is 104 Å². The highest BCUT2D eigenvalue weighted by Gasteiger charge is 2.41. The molecule has 2 heteroatoms. The number of fused-ring (bicyclic) bond motifs is 1. The van der Waals surface area contributed by atoms with Gasteiger partial charge in [0.05, 0.1) is 5.92 Å². The van der Waals surface area contributed by atoms with Crippen LogP contribution in [0.15, 0.2) is 11.6 Å². The molecule has 2 rings (SSSR count). The molecule has 0 amide bonds. The second kappa shape index (κ2) is 4.83. The summed E-state index contributed by atoms with van der Waals surface area (Å²) in [5.74, 6) is 1.53. The molecule has 1 N–H and O–H groups in total. The number of aliphatic carboxylic acids is 1. The normalized spacial score (nSPS) is 39.1. The SMILES string of the molecule is CC1=C[C@@H]2C([C@@H](C)C(=O)O)CC[C@@H](C)[C@@H]2CC1. The maximum absolute atomic E-state index is 11.2. The van der Waals surface area contributed by atoms with E-state index in [9.17, 15) is 9.90 Å². The van der Waals surface area contributed by atoms with Gasteiger partial charge < -0.3 is 5.11 Å². The summed E-state index contributed by atoms with van der Waals surface area (Å²) in [5, 5.41) is 9.24. The maximum Gasteiger partial charge on any atom is 0.306 e. The lowest BCUT2D eigenvalue weighted by Crippen LogP contribution is -2.39. The quantitative estimate of drug-likeness (QED) is 0.742. The number of hydrogen-bond donors (Lipinski definition) is 1. The Morgan fingerprint density at radius 1 is 1.41 bits per heavy atom. The van der Waals surface area contributed by atoms with Crippen LogP contribution < -0.4 is 0 Å². The molecule has 0 radical (unpaired) electrons. The van der Waals surface area contributed by atoms with Crippen molar-refractivity contribution in [2.45, 2.75) is 46.5 Å². The first-order chi connectivity index (χ1) is 8.00. The van der Waals surface area contributed by atoms with Gasteiger partial charge in [0.1, 0.15) is 0 Å². The fourth-order valence-corrected chi connectivity index (χ4v) is 3.86. The van der Waals surface area contributed by atoms with Crippen LogP contribution in [-0.4, -0.2) is 11.1 Å². The van der Waals surface area contributed by atoms with Crippen LogP contribution in [0.3, 0.4) is 0 Å². The summed E-state index contributed by atoms with van der Waals surface area (Å²) in [6, 6.07) is 0. The van der Waals surface area contributed by atoms with Crippen LogP contribution in [0.5, 0.6) is 0 Å². The minimum Gasteiger partial charge on any atom is -0.481 e. The predicted molar refractivity (Wildman–Crippen MR) is 68.7 cm³/mol. The van der Waals surface area contributed by atoms with Gasteiger partial charge in [-0.15, -0.1) is 0 Å². The average molecular weight is 236 g/mol. The smallest absolute Gasteiger partial charge is 0.306 e. The molecule has 0 saturated heterocycles. The molecule has 0 heterocycles. The summed E-state index contributed by atoms with van der Waals surface area (Å²) in [7, 11) is 0. The van der Waals surface area contributed by atoms with Gasteiger partial charge in [0.2, 0.25) is 0 Å². The van der Waals surface area contributed by atoms with Gasteiger partial charge in [0, 0.05) is 0 Å². The lowest BCUT2D eigenvalue weighted by molar-refractivity contribution is -0.144. The Hall–Kier alpha value is -0.790. The van der Waals surface area contributed by atoms with Gasteiger partial charge in [0.15, 0.2) is 0 Å². The number of carboxylic acids is 1. The van der Waals surface area contributed by atoms with E-state index in [1.54, 1.807) is 0 Å². The number of carbonyl (C=O) groups is 1. The van der Waals surface area contributed by atoms with Gasteiger partial charge in [-0.05, 0) is 49.9 Å². The molecule has 0 aromatic rings. The molecule has 0 bridgehead atoms. The molecule has 0 aromatic carbocycles. The van der Waals surface area contributed by atoms with Gasteiger partial charge >= 0.3 is 5.97 Å². The summed E-state index contributed by atoms with van der Waals surface area (Å²) in [6.07, 6.45) is 7.14. The summed E-state index contributed by atoms with van der Waals surface area (Å²) in [6.45, 7) is 6.42. The van der Waals surface area contributed by atoms with Crippen molar-refractivity contribution >= 4 is 5.97 Å². The van der Waals surface area contributed by atoms with E-state index in [4.69, 9.17) is 0 Å². The Morgan fingerprint density at radius 3 is 2.76 bits per heavy atom. The third-order valence-corrected chi connectivity index (χ3v) is 5.06. The van der Waals surface area contributed by atoms with Crippen molar-refractivity contribution in [3.8, 4) is 0 Å². The van der Waals surface area contributed by atoms with Crippen LogP contribution >= 0.6 is 0 Å².